The maximum Gasteiger partial charge on any atom is 0.0795 e. The van der Waals surface area contributed by atoms with E-state index >= 15 is 0 Å². The van der Waals surface area contributed by atoms with E-state index in [9.17, 15) is 0 Å². The van der Waals surface area contributed by atoms with Gasteiger partial charge in [-0.25, -0.2) is 4.98 Å². The Labute approximate surface area is 124 Å². The Kier molecular flexibility index (Phi) is 4.15. The van der Waals surface area contributed by atoms with E-state index in [1.165, 1.54) is 24.0 Å². The summed E-state index contributed by atoms with van der Waals surface area (Å²) in [4.78, 5) is 6.69. The van der Waals surface area contributed by atoms with Crippen LogP contribution in [0.5, 0.6) is 0 Å². The van der Waals surface area contributed by atoms with Gasteiger partial charge >= 0.3 is 0 Å². The molecule has 0 amide bonds. The first kappa shape index (κ1) is 13.7. The summed E-state index contributed by atoms with van der Waals surface area (Å²) in [5.41, 5.74) is 12.0. The Balaban J connectivity index is 1.82. The Morgan fingerprint density at radius 1 is 1.40 bits per heavy atom. The number of thiazole rings is 1. The molecule has 4 heteroatoms. The molecule has 1 aromatic heterocycles. The van der Waals surface area contributed by atoms with Crippen molar-refractivity contribution in [2.45, 2.75) is 31.3 Å². The van der Waals surface area contributed by atoms with Gasteiger partial charge in [0.15, 0.2) is 0 Å². The molecule has 3 nitrogen and oxygen atoms in total. The van der Waals surface area contributed by atoms with Crippen LogP contribution in [0.25, 0.3) is 0 Å². The molecule has 1 aromatic carbocycles. The van der Waals surface area contributed by atoms with Crippen LogP contribution in [0.3, 0.4) is 0 Å². The van der Waals surface area contributed by atoms with Gasteiger partial charge < -0.3 is 5.73 Å². The molecule has 2 aromatic rings. The van der Waals surface area contributed by atoms with Crippen LogP contribution in [-0.2, 0) is 6.54 Å². The summed E-state index contributed by atoms with van der Waals surface area (Å²) in [5.74, 6) is 0.757. The number of likely N-dealkylation sites (N-methyl/N-ethyl adjacent to an activating group) is 1. The van der Waals surface area contributed by atoms with Crippen molar-refractivity contribution in [2.24, 2.45) is 5.73 Å². The highest BCUT2D eigenvalue weighted by Gasteiger charge is 2.29. The van der Waals surface area contributed by atoms with Gasteiger partial charge in [0.25, 0.3) is 0 Å². The molecule has 0 spiro atoms. The van der Waals surface area contributed by atoms with Crippen LogP contribution >= 0.6 is 11.3 Å². The number of benzene rings is 1. The summed E-state index contributed by atoms with van der Waals surface area (Å²) in [7, 11) is 2.14. The fourth-order valence-electron chi connectivity index (χ4n) is 2.81. The van der Waals surface area contributed by atoms with Crippen LogP contribution in [-0.4, -0.2) is 23.5 Å². The fraction of sp³-hybridized carbons (Fsp3) is 0.438. The van der Waals surface area contributed by atoms with Gasteiger partial charge in [0.2, 0.25) is 0 Å². The highest BCUT2D eigenvalue weighted by molar-refractivity contribution is 7.07. The highest BCUT2D eigenvalue weighted by atomic mass is 32.1. The van der Waals surface area contributed by atoms with Crippen LogP contribution in [0.1, 0.15) is 41.6 Å². The maximum absolute atomic E-state index is 6.06. The van der Waals surface area contributed by atoms with E-state index in [0.29, 0.717) is 6.54 Å². The second-order valence-corrected chi connectivity index (χ2v) is 6.27. The average molecular weight is 287 g/mol. The van der Waals surface area contributed by atoms with E-state index < -0.39 is 0 Å². The molecule has 20 heavy (non-hydrogen) atoms. The molecule has 0 radical (unpaired) electrons. The molecule has 1 heterocycles. The predicted octanol–water partition coefficient (Wildman–Crippen LogP) is 3.15. The molecule has 1 saturated carbocycles. The smallest absolute Gasteiger partial charge is 0.0795 e. The lowest BCUT2D eigenvalue weighted by atomic mass is 9.96. The summed E-state index contributed by atoms with van der Waals surface area (Å²) < 4.78 is 0. The lowest BCUT2D eigenvalue weighted by molar-refractivity contribution is 0.238. The number of hydrogen-bond acceptors (Lipinski definition) is 4. The Bertz CT molecular complexity index is 549. The maximum atomic E-state index is 6.06. The standard InChI is InChI=1S/C16H21N3S/c1-19(9-13-10-20-11-18-13)16(8-17)15-5-3-2-4-14(15)12-6-7-12/h2-5,10-12,16H,6-9,17H2,1H3. The Morgan fingerprint density at radius 2 is 2.20 bits per heavy atom. The summed E-state index contributed by atoms with van der Waals surface area (Å²) in [6, 6.07) is 9.05. The third-order valence-electron chi connectivity index (χ3n) is 4.02. The van der Waals surface area contributed by atoms with E-state index in [1.807, 2.05) is 5.51 Å². The third kappa shape index (κ3) is 2.92. The number of aromatic nitrogens is 1. The molecule has 0 aliphatic heterocycles. The Hall–Kier alpha value is -1.23. The van der Waals surface area contributed by atoms with E-state index in [2.05, 4.69) is 46.6 Å². The van der Waals surface area contributed by atoms with Crippen molar-refractivity contribution in [3.63, 3.8) is 0 Å². The first-order valence-electron chi connectivity index (χ1n) is 7.15. The molecule has 0 saturated heterocycles. The molecule has 1 atom stereocenters. The first-order valence-corrected chi connectivity index (χ1v) is 8.10. The van der Waals surface area contributed by atoms with Gasteiger partial charge in [0, 0.05) is 24.5 Å². The topological polar surface area (TPSA) is 42.2 Å². The monoisotopic (exact) mass is 287 g/mol. The summed E-state index contributed by atoms with van der Waals surface area (Å²) >= 11 is 1.65. The molecular weight excluding hydrogens is 266 g/mol. The van der Waals surface area contributed by atoms with Gasteiger partial charge in [0.05, 0.1) is 11.2 Å². The van der Waals surface area contributed by atoms with Gasteiger partial charge in [-0.15, -0.1) is 11.3 Å². The third-order valence-corrected chi connectivity index (χ3v) is 4.66. The van der Waals surface area contributed by atoms with E-state index in [1.54, 1.807) is 11.3 Å². The summed E-state index contributed by atoms with van der Waals surface area (Å²) in [6.07, 6.45) is 2.65. The molecular formula is C16H21N3S. The predicted molar refractivity (Wildman–Crippen MR) is 83.8 cm³/mol. The lowest BCUT2D eigenvalue weighted by Crippen LogP contribution is -2.31. The van der Waals surface area contributed by atoms with Crippen LogP contribution in [0, 0.1) is 0 Å². The minimum Gasteiger partial charge on any atom is -0.329 e. The van der Waals surface area contributed by atoms with Gasteiger partial charge in [-0.1, -0.05) is 24.3 Å². The quantitative estimate of drug-likeness (QED) is 0.887. The second kappa shape index (κ2) is 6.04. The number of nitrogens with zero attached hydrogens (tertiary/aromatic N) is 2. The minimum absolute atomic E-state index is 0.272. The first-order chi connectivity index (χ1) is 9.79. The van der Waals surface area contributed by atoms with Crippen molar-refractivity contribution >= 4 is 11.3 Å². The zero-order chi connectivity index (χ0) is 13.9. The molecule has 3 rings (SSSR count). The number of nitrogens with two attached hydrogens (primary N) is 1. The zero-order valence-corrected chi connectivity index (χ0v) is 12.6. The summed E-state index contributed by atoms with van der Waals surface area (Å²) in [5, 5.41) is 2.11. The SMILES string of the molecule is CN(Cc1cscn1)C(CN)c1ccccc1C1CC1. The van der Waals surface area contributed by atoms with Crippen molar-refractivity contribution in [2.75, 3.05) is 13.6 Å². The molecule has 1 aliphatic carbocycles. The van der Waals surface area contributed by atoms with Crippen LogP contribution in [0.15, 0.2) is 35.2 Å². The number of rotatable bonds is 6. The van der Waals surface area contributed by atoms with E-state index in [0.717, 1.165) is 18.2 Å². The van der Waals surface area contributed by atoms with Crippen molar-refractivity contribution in [3.8, 4) is 0 Å². The normalized spacial score (nSPS) is 16.6. The van der Waals surface area contributed by atoms with E-state index in [4.69, 9.17) is 5.73 Å². The van der Waals surface area contributed by atoms with Crippen LogP contribution in [0.4, 0.5) is 0 Å². The number of hydrogen-bond donors (Lipinski definition) is 1. The largest absolute Gasteiger partial charge is 0.329 e. The second-order valence-electron chi connectivity index (χ2n) is 5.55. The van der Waals surface area contributed by atoms with E-state index in [-0.39, 0.29) is 6.04 Å². The van der Waals surface area contributed by atoms with Crippen molar-refractivity contribution in [1.82, 2.24) is 9.88 Å². The molecule has 2 N–H and O–H groups in total. The van der Waals surface area contributed by atoms with Crippen molar-refractivity contribution in [3.05, 3.63) is 52.0 Å². The molecule has 1 fully saturated rings. The van der Waals surface area contributed by atoms with Gasteiger partial charge in [-0.05, 0) is 36.9 Å². The van der Waals surface area contributed by atoms with Gasteiger partial charge in [-0.3, -0.25) is 4.90 Å². The van der Waals surface area contributed by atoms with Crippen LogP contribution in [0.2, 0.25) is 0 Å². The highest BCUT2D eigenvalue weighted by Crippen LogP contribution is 2.43. The van der Waals surface area contributed by atoms with Gasteiger partial charge in [-0.2, -0.15) is 0 Å². The van der Waals surface area contributed by atoms with Crippen molar-refractivity contribution < 1.29 is 0 Å². The molecule has 1 unspecified atom stereocenters. The minimum atomic E-state index is 0.272. The molecule has 1 aliphatic rings. The van der Waals surface area contributed by atoms with Gasteiger partial charge in [0.1, 0.15) is 0 Å². The fourth-order valence-corrected chi connectivity index (χ4v) is 3.36. The van der Waals surface area contributed by atoms with Crippen molar-refractivity contribution in [1.29, 1.82) is 0 Å². The molecule has 106 valence electrons. The van der Waals surface area contributed by atoms with Crippen LogP contribution < -0.4 is 5.73 Å². The average Bonchev–Trinajstić information content (AvgIpc) is 3.19. The summed E-state index contributed by atoms with van der Waals surface area (Å²) in [6.45, 7) is 1.49. The molecule has 0 bridgehead atoms. The Morgan fingerprint density at radius 3 is 2.85 bits per heavy atom. The zero-order valence-electron chi connectivity index (χ0n) is 11.8. The lowest BCUT2D eigenvalue weighted by Gasteiger charge is -2.28.